The standard InChI is InChI=1S/C19H17ClN2O3/c1-12(13-5-4-6-14(20)11-13)21-17(23)9-10-22-18(24)15-7-2-3-8-16(15)19(22)25/h2-8,11-12H,9-10H2,1H3,(H,21,23)/t12-/m0/s1. The maximum Gasteiger partial charge on any atom is 0.261 e. The van der Waals surface area contributed by atoms with Crippen LogP contribution >= 0.6 is 11.6 Å². The van der Waals surface area contributed by atoms with Crippen LogP contribution in [0.2, 0.25) is 5.02 Å². The molecule has 1 heterocycles. The lowest BCUT2D eigenvalue weighted by Crippen LogP contribution is -2.35. The SMILES string of the molecule is C[C@H](NC(=O)CCN1C(=O)c2ccccc2C1=O)c1cccc(Cl)c1. The van der Waals surface area contributed by atoms with Crippen molar-refractivity contribution < 1.29 is 14.4 Å². The summed E-state index contributed by atoms with van der Waals surface area (Å²) < 4.78 is 0. The van der Waals surface area contributed by atoms with E-state index in [4.69, 9.17) is 11.6 Å². The zero-order valence-corrected chi connectivity index (χ0v) is 14.4. The second-order valence-electron chi connectivity index (χ2n) is 5.90. The van der Waals surface area contributed by atoms with Gasteiger partial charge in [-0.2, -0.15) is 0 Å². The molecule has 0 radical (unpaired) electrons. The molecule has 2 aromatic carbocycles. The van der Waals surface area contributed by atoms with E-state index in [0.29, 0.717) is 16.1 Å². The number of carbonyl (C=O) groups is 3. The van der Waals surface area contributed by atoms with Gasteiger partial charge in [-0.25, -0.2) is 0 Å². The lowest BCUT2D eigenvalue weighted by Gasteiger charge is -2.17. The van der Waals surface area contributed by atoms with Crippen molar-refractivity contribution in [2.24, 2.45) is 0 Å². The van der Waals surface area contributed by atoms with Gasteiger partial charge >= 0.3 is 0 Å². The summed E-state index contributed by atoms with van der Waals surface area (Å²) in [4.78, 5) is 37.8. The van der Waals surface area contributed by atoms with Gasteiger partial charge in [0.15, 0.2) is 0 Å². The van der Waals surface area contributed by atoms with Crippen molar-refractivity contribution in [1.82, 2.24) is 10.2 Å². The molecule has 5 nitrogen and oxygen atoms in total. The molecule has 1 aliphatic rings. The predicted molar refractivity (Wildman–Crippen MR) is 94.4 cm³/mol. The molecule has 1 aliphatic heterocycles. The molecule has 0 saturated heterocycles. The van der Waals surface area contributed by atoms with Gasteiger partial charge in [-0.05, 0) is 36.8 Å². The molecule has 2 aromatic rings. The van der Waals surface area contributed by atoms with Gasteiger partial charge in [-0.1, -0.05) is 35.9 Å². The summed E-state index contributed by atoms with van der Waals surface area (Å²) in [6.07, 6.45) is 0.0520. The maximum absolute atomic E-state index is 12.3. The molecule has 3 rings (SSSR count). The van der Waals surface area contributed by atoms with E-state index in [1.807, 2.05) is 19.1 Å². The van der Waals surface area contributed by atoms with Crippen LogP contribution in [-0.4, -0.2) is 29.2 Å². The summed E-state index contributed by atoms with van der Waals surface area (Å²) in [5, 5.41) is 3.45. The second-order valence-corrected chi connectivity index (χ2v) is 6.34. The summed E-state index contributed by atoms with van der Waals surface area (Å²) in [5.41, 5.74) is 1.67. The first kappa shape index (κ1) is 17.2. The molecule has 0 fully saturated rings. The van der Waals surface area contributed by atoms with Crippen molar-refractivity contribution in [3.63, 3.8) is 0 Å². The number of benzene rings is 2. The normalized spacial score (nSPS) is 14.4. The van der Waals surface area contributed by atoms with Crippen molar-refractivity contribution in [1.29, 1.82) is 0 Å². The molecule has 25 heavy (non-hydrogen) atoms. The van der Waals surface area contributed by atoms with Gasteiger partial charge in [0.1, 0.15) is 0 Å². The average molecular weight is 357 g/mol. The molecule has 1 N–H and O–H groups in total. The summed E-state index contributed by atoms with van der Waals surface area (Å²) >= 11 is 5.95. The van der Waals surface area contributed by atoms with Crippen LogP contribution in [0, 0.1) is 0 Å². The van der Waals surface area contributed by atoms with E-state index in [2.05, 4.69) is 5.32 Å². The Morgan fingerprint density at radius 2 is 1.72 bits per heavy atom. The highest BCUT2D eigenvalue weighted by Gasteiger charge is 2.34. The van der Waals surface area contributed by atoms with Crippen molar-refractivity contribution >= 4 is 29.3 Å². The van der Waals surface area contributed by atoms with Crippen molar-refractivity contribution in [2.75, 3.05) is 6.54 Å². The molecule has 0 aromatic heterocycles. The highest BCUT2D eigenvalue weighted by molar-refractivity contribution is 6.30. The third kappa shape index (κ3) is 3.56. The number of amides is 3. The zero-order chi connectivity index (χ0) is 18.0. The number of nitrogens with zero attached hydrogens (tertiary/aromatic N) is 1. The van der Waals surface area contributed by atoms with Crippen LogP contribution in [0.3, 0.4) is 0 Å². The minimum atomic E-state index is -0.351. The quantitative estimate of drug-likeness (QED) is 0.836. The lowest BCUT2D eigenvalue weighted by atomic mass is 10.1. The van der Waals surface area contributed by atoms with E-state index in [9.17, 15) is 14.4 Å². The van der Waals surface area contributed by atoms with Crippen LogP contribution in [0.1, 0.15) is 45.7 Å². The van der Waals surface area contributed by atoms with Crippen molar-refractivity contribution in [3.05, 3.63) is 70.2 Å². The Hall–Kier alpha value is -2.66. The fourth-order valence-corrected chi connectivity index (χ4v) is 3.03. The van der Waals surface area contributed by atoms with Gasteiger partial charge in [0.25, 0.3) is 11.8 Å². The number of nitrogens with one attached hydrogen (secondary N) is 1. The fraction of sp³-hybridized carbons (Fsp3) is 0.211. The van der Waals surface area contributed by atoms with Crippen LogP contribution in [0.5, 0.6) is 0 Å². The van der Waals surface area contributed by atoms with E-state index >= 15 is 0 Å². The number of halogens is 1. The molecule has 128 valence electrons. The molecular weight excluding hydrogens is 340 g/mol. The van der Waals surface area contributed by atoms with Gasteiger partial charge in [0.05, 0.1) is 17.2 Å². The lowest BCUT2D eigenvalue weighted by molar-refractivity contribution is -0.121. The Morgan fingerprint density at radius 3 is 2.32 bits per heavy atom. The number of imide groups is 1. The zero-order valence-electron chi connectivity index (χ0n) is 13.7. The van der Waals surface area contributed by atoms with E-state index in [1.165, 1.54) is 0 Å². The first-order valence-electron chi connectivity index (χ1n) is 7.97. The molecule has 0 unspecified atom stereocenters. The third-order valence-electron chi connectivity index (χ3n) is 4.17. The number of hydrogen-bond donors (Lipinski definition) is 1. The minimum absolute atomic E-state index is 0.0520. The highest BCUT2D eigenvalue weighted by atomic mass is 35.5. The third-order valence-corrected chi connectivity index (χ3v) is 4.40. The highest BCUT2D eigenvalue weighted by Crippen LogP contribution is 2.22. The topological polar surface area (TPSA) is 66.5 Å². The number of rotatable bonds is 5. The molecule has 0 aliphatic carbocycles. The fourth-order valence-electron chi connectivity index (χ4n) is 2.83. The van der Waals surface area contributed by atoms with Crippen LogP contribution in [-0.2, 0) is 4.79 Å². The molecule has 0 saturated carbocycles. The Labute approximate surface area is 150 Å². The van der Waals surface area contributed by atoms with Gasteiger partial charge in [-0.3, -0.25) is 19.3 Å². The van der Waals surface area contributed by atoms with Gasteiger partial charge in [-0.15, -0.1) is 0 Å². The second kappa shape index (κ2) is 7.07. The summed E-state index contributed by atoms with van der Waals surface area (Å²) in [6.45, 7) is 1.91. The maximum atomic E-state index is 12.3. The van der Waals surface area contributed by atoms with Crippen LogP contribution in [0.4, 0.5) is 0 Å². The van der Waals surface area contributed by atoms with E-state index in [-0.39, 0.29) is 36.7 Å². The summed E-state index contributed by atoms with van der Waals surface area (Å²) in [7, 11) is 0. The van der Waals surface area contributed by atoms with Crippen LogP contribution in [0.15, 0.2) is 48.5 Å². The Kier molecular flexibility index (Phi) is 4.86. The molecule has 0 bridgehead atoms. The molecule has 1 atom stereocenters. The van der Waals surface area contributed by atoms with Gasteiger partial charge in [0.2, 0.25) is 5.91 Å². The average Bonchev–Trinajstić information content (AvgIpc) is 2.84. The number of carbonyl (C=O) groups excluding carboxylic acids is 3. The van der Waals surface area contributed by atoms with Crippen molar-refractivity contribution in [2.45, 2.75) is 19.4 Å². The predicted octanol–water partition coefficient (Wildman–Crippen LogP) is 3.20. The summed E-state index contributed by atoms with van der Waals surface area (Å²) in [5.74, 6) is -0.934. The molecule has 6 heteroatoms. The van der Waals surface area contributed by atoms with Crippen molar-refractivity contribution in [3.8, 4) is 0 Å². The molecular formula is C19H17ClN2O3. The molecule has 0 spiro atoms. The number of fused-ring (bicyclic) bond motifs is 1. The Balaban J connectivity index is 1.58. The van der Waals surface area contributed by atoms with Crippen LogP contribution < -0.4 is 5.32 Å². The first-order valence-corrected chi connectivity index (χ1v) is 8.35. The van der Waals surface area contributed by atoms with E-state index in [0.717, 1.165) is 10.5 Å². The van der Waals surface area contributed by atoms with E-state index in [1.54, 1.807) is 36.4 Å². The van der Waals surface area contributed by atoms with Crippen LogP contribution in [0.25, 0.3) is 0 Å². The molecule has 3 amide bonds. The Morgan fingerprint density at radius 1 is 1.08 bits per heavy atom. The van der Waals surface area contributed by atoms with Gasteiger partial charge < -0.3 is 5.32 Å². The minimum Gasteiger partial charge on any atom is -0.350 e. The Bertz CT molecular complexity index is 815. The monoisotopic (exact) mass is 356 g/mol. The summed E-state index contributed by atoms with van der Waals surface area (Å²) in [6, 6.07) is 13.7. The smallest absolute Gasteiger partial charge is 0.261 e. The number of hydrogen-bond acceptors (Lipinski definition) is 3. The largest absolute Gasteiger partial charge is 0.350 e. The van der Waals surface area contributed by atoms with Gasteiger partial charge in [0, 0.05) is 18.0 Å². The van der Waals surface area contributed by atoms with E-state index < -0.39 is 0 Å². The first-order chi connectivity index (χ1) is 12.0.